The third-order valence-electron chi connectivity index (χ3n) is 4.74. The van der Waals surface area contributed by atoms with Crippen LogP contribution in [0.25, 0.3) is 11.2 Å². The van der Waals surface area contributed by atoms with E-state index < -0.39 is 0 Å². The Hall–Kier alpha value is -1.42. The van der Waals surface area contributed by atoms with Gasteiger partial charge in [-0.25, -0.2) is 9.97 Å². The van der Waals surface area contributed by atoms with Crippen molar-refractivity contribution in [1.29, 1.82) is 0 Å². The quantitative estimate of drug-likeness (QED) is 0.934. The molecule has 2 unspecified atom stereocenters. The molecule has 1 saturated carbocycles. The van der Waals surface area contributed by atoms with Gasteiger partial charge in [0.25, 0.3) is 0 Å². The van der Waals surface area contributed by atoms with Crippen LogP contribution in [-0.4, -0.2) is 20.6 Å². The molecule has 0 aromatic carbocycles. The lowest BCUT2D eigenvalue weighted by molar-refractivity contribution is 0.251. The van der Waals surface area contributed by atoms with Crippen molar-refractivity contribution in [3.63, 3.8) is 0 Å². The fourth-order valence-electron chi connectivity index (χ4n) is 3.47. The second kappa shape index (κ2) is 5.17. The molecular formula is C16H24N4. The minimum Gasteiger partial charge on any atom is -0.327 e. The Kier molecular flexibility index (Phi) is 3.50. The van der Waals surface area contributed by atoms with Crippen molar-refractivity contribution in [3.8, 4) is 0 Å². The maximum atomic E-state index is 6.46. The Morgan fingerprint density at radius 3 is 3.05 bits per heavy atom. The van der Waals surface area contributed by atoms with Crippen molar-refractivity contribution in [1.82, 2.24) is 14.5 Å². The number of aromatic nitrogens is 3. The highest BCUT2D eigenvalue weighted by Crippen LogP contribution is 2.38. The molecule has 2 aromatic heterocycles. The monoisotopic (exact) mass is 272 g/mol. The smallest absolute Gasteiger partial charge is 0.159 e. The molecule has 3 rings (SSSR count). The average Bonchev–Trinajstić information content (AvgIpc) is 2.83. The number of pyridine rings is 1. The van der Waals surface area contributed by atoms with E-state index in [-0.39, 0.29) is 11.5 Å². The van der Waals surface area contributed by atoms with Crippen LogP contribution in [0, 0.1) is 0 Å². The normalized spacial score (nSPS) is 27.1. The number of aryl methyl sites for hydroxylation is 1. The topological polar surface area (TPSA) is 56.7 Å². The van der Waals surface area contributed by atoms with Gasteiger partial charge >= 0.3 is 0 Å². The maximum Gasteiger partial charge on any atom is 0.159 e. The minimum atomic E-state index is -0.0197. The van der Waals surface area contributed by atoms with Gasteiger partial charge in [-0.2, -0.15) is 0 Å². The highest BCUT2D eigenvalue weighted by Gasteiger charge is 2.40. The molecule has 4 heteroatoms. The van der Waals surface area contributed by atoms with Crippen molar-refractivity contribution in [3.05, 3.63) is 24.2 Å². The lowest BCUT2D eigenvalue weighted by atomic mass is 9.71. The molecule has 2 heterocycles. The van der Waals surface area contributed by atoms with Gasteiger partial charge in [0.1, 0.15) is 11.3 Å². The lowest BCUT2D eigenvalue weighted by Crippen LogP contribution is -2.47. The molecule has 0 aliphatic heterocycles. The van der Waals surface area contributed by atoms with E-state index in [2.05, 4.69) is 29.5 Å². The van der Waals surface area contributed by atoms with E-state index in [0.717, 1.165) is 42.8 Å². The fraction of sp³-hybridized carbons (Fsp3) is 0.625. The first-order valence-electron chi connectivity index (χ1n) is 7.74. The Morgan fingerprint density at radius 2 is 2.30 bits per heavy atom. The molecule has 0 bridgehead atoms. The summed E-state index contributed by atoms with van der Waals surface area (Å²) in [5, 5.41) is 0. The molecule has 1 aliphatic rings. The Bertz CT molecular complexity index is 604. The second-order valence-corrected chi connectivity index (χ2v) is 6.20. The number of nitrogens with zero attached hydrogens (tertiary/aromatic N) is 3. The summed E-state index contributed by atoms with van der Waals surface area (Å²) in [7, 11) is 0. The Labute approximate surface area is 120 Å². The van der Waals surface area contributed by atoms with Crippen molar-refractivity contribution < 1.29 is 0 Å². The van der Waals surface area contributed by atoms with Gasteiger partial charge in [-0.1, -0.05) is 26.7 Å². The Balaban J connectivity index is 2.16. The number of hydrogen-bond donors (Lipinski definition) is 1. The van der Waals surface area contributed by atoms with Gasteiger partial charge in [0.15, 0.2) is 5.65 Å². The first kappa shape index (κ1) is 13.6. The van der Waals surface area contributed by atoms with E-state index in [1.807, 2.05) is 12.3 Å². The summed E-state index contributed by atoms with van der Waals surface area (Å²) in [5.74, 6) is 1.14. The fourth-order valence-corrected chi connectivity index (χ4v) is 3.47. The van der Waals surface area contributed by atoms with Crippen LogP contribution in [0.5, 0.6) is 0 Å². The molecule has 1 aliphatic carbocycles. The van der Waals surface area contributed by atoms with Crippen LogP contribution in [0.4, 0.5) is 0 Å². The predicted molar refractivity (Wildman–Crippen MR) is 81.6 cm³/mol. The van der Waals surface area contributed by atoms with Crippen molar-refractivity contribution >= 4 is 11.2 Å². The molecule has 2 atom stereocenters. The van der Waals surface area contributed by atoms with Crippen LogP contribution >= 0.6 is 0 Å². The summed E-state index contributed by atoms with van der Waals surface area (Å²) in [4.78, 5) is 9.43. The highest BCUT2D eigenvalue weighted by molar-refractivity contribution is 5.71. The molecule has 20 heavy (non-hydrogen) atoms. The van der Waals surface area contributed by atoms with Crippen LogP contribution in [0.2, 0.25) is 0 Å². The minimum absolute atomic E-state index is 0.0197. The van der Waals surface area contributed by atoms with E-state index in [1.165, 1.54) is 12.8 Å². The first-order valence-corrected chi connectivity index (χ1v) is 7.74. The maximum absolute atomic E-state index is 6.46. The second-order valence-electron chi connectivity index (χ2n) is 6.20. The third kappa shape index (κ3) is 2.03. The lowest BCUT2D eigenvalue weighted by Gasteiger charge is -2.39. The number of nitrogens with two attached hydrogens (primary N) is 1. The summed E-state index contributed by atoms with van der Waals surface area (Å²) in [6.45, 7) is 5.44. The van der Waals surface area contributed by atoms with E-state index in [9.17, 15) is 0 Å². The van der Waals surface area contributed by atoms with E-state index in [0.29, 0.717) is 0 Å². The van der Waals surface area contributed by atoms with Crippen LogP contribution < -0.4 is 5.73 Å². The van der Waals surface area contributed by atoms with Crippen molar-refractivity contribution in [2.24, 2.45) is 5.73 Å². The van der Waals surface area contributed by atoms with Crippen LogP contribution in [0.15, 0.2) is 18.3 Å². The van der Waals surface area contributed by atoms with Gasteiger partial charge in [0, 0.05) is 24.2 Å². The van der Waals surface area contributed by atoms with Gasteiger partial charge in [-0.05, 0) is 31.4 Å². The van der Waals surface area contributed by atoms with Gasteiger partial charge in [-0.3, -0.25) is 0 Å². The number of hydrogen-bond acceptors (Lipinski definition) is 3. The molecule has 4 nitrogen and oxygen atoms in total. The molecule has 0 spiro atoms. The number of fused-ring (bicyclic) bond motifs is 1. The molecule has 108 valence electrons. The standard InChI is InChI=1S/C16H24N4/c1-3-11-20-14-12(7-6-10-18-14)19-15(20)16(2)9-5-4-8-13(16)17/h6-7,10,13H,3-5,8-9,11,17H2,1-2H3. The van der Waals surface area contributed by atoms with Crippen molar-refractivity contribution in [2.75, 3.05) is 0 Å². The number of imidazole rings is 1. The Morgan fingerprint density at radius 1 is 1.45 bits per heavy atom. The largest absolute Gasteiger partial charge is 0.327 e. The van der Waals surface area contributed by atoms with Gasteiger partial charge in [0.2, 0.25) is 0 Å². The van der Waals surface area contributed by atoms with Crippen LogP contribution in [0.3, 0.4) is 0 Å². The summed E-state index contributed by atoms with van der Waals surface area (Å²) in [6.07, 6.45) is 7.64. The zero-order chi connectivity index (χ0) is 14.2. The third-order valence-corrected chi connectivity index (χ3v) is 4.74. The summed E-state index contributed by atoms with van der Waals surface area (Å²) < 4.78 is 2.29. The first-order chi connectivity index (χ1) is 9.66. The zero-order valence-corrected chi connectivity index (χ0v) is 12.5. The van der Waals surface area contributed by atoms with Gasteiger partial charge in [-0.15, -0.1) is 0 Å². The number of rotatable bonds is 3. The average molecular weight is 272 g/mol. The SMILES string of the molecule is CCCn1c(C2(C)CCCCC2N)nc2cccnc21. The molecule has 0 radical (unpaired) electrons. The molecule has 0 amide bonds. The zero-order valence-electron chi connectivity index (χ0n) is 12.5. The highest BCUT2D eigenvalue weighted by atomic mass is 15.1. The molecule has 2 N–H and O–H groups in total. The summed E-state index contributed by atoms with van der Waals surface area (Å²) >= 11 is 0. The summed E-state index contributed by atoms with van der Waals surface area (Å²) in [6, 6.07) is 4.21. The predicted octanol–water partition coefficient (Wildman–Crippen LogP) is 3.00. The van der Waals surface area contributed by atoms with E-state index in [4.69, 9.17) is 10.7 Å². The molecule has 2 aromatic rings. The van der Waals surface area contributed by atoms with Crippen molar-refractivity contribution in [2.45, 2.75) is 64.0 Å². The van der Waals surface area contributed by atoms with E-state index >= 15 is 0 Å². The van der Waals surface area contributed by atoms with E-state index in [1.54, 1.807) is 0 Å². The van der Waals surface area contributed by atoms with Crippen LogP contribution in [-0.2, 0) is 12.0 Å². The van der Waals surface area contributed by atoms with Crippen LogP contribution in [0.1, 0.15) is 51.8 Å². The molecular weight excluding hydrogens is 248 g/mol. The molecule has 0 saturated heterocycles. The molecule has 1 fully saturated rings. The van der Waals surface area contributed by atoms with Gasteiger partial charge in [0.05, 0.1) is 0 Å². The van der Waals surface area contributed by atoms with Gasteiger partial charge < -0.3 is 10.3 Å². The summed E-state index contributed by atoms with van der Waals surface area (Å²) in [5.41, 5.74) is 8.44.